The summed E-state index contributed by atoms with van der Waals surface area (Å²) in [6.45, 7) is 0.535. The summed E-state index contributed by atoms with van der Waals surface area (Å²) in [6, 6.07) is 3.95. The van der Waals surface area contributed by atoms with Gasteiger partial charge in [0.1, 0.15) is 17.8 Å². The van der Waals surface area contributed by atoms with Gasteiger partial charge in [-0.2, -0.15) is 0 Å². The maximum absolute atomic E-state index is 13.9. The second-order valence-electron chi connectivity index (χ2n) is 5.66. The Balaban J connectivity index is 1.73. The SMILES string of the molecule is O=C(c1cc2c(s1)-c1cc(F)cc(F)c1SC2)N1CC[C@H](F)C1. The monoisotopic (exact) mass is 355 g/mol. The van der Waals surface area contributed by atoms with E-state index in [1.54, 1.807) is 6.07 Å². The van der Waals surface area contributed by atoms with E-state index in [-0.39, 0.29) is 12.5 Å². The van der Waals surface area contributed by atoms with E-state index in [0.29, 0.717) is 34.1 Å². The van der Waals surface area contributed by atoms with Crippen LogP contribution >= 0.6 is 23.1 Å². The van der Waals surface area contributed by atoms with Gasteiger partial charge in [0.05, 0.1) is 16.3 Å². The van der Waals surface area contributed by atoms with Gasteiger partial charge in [-0.15, -0.1) is 23.1 Å². The van der Waals surface area contributed by atoms with Crippen LogP contribution < -0.4 is 0 Å². The number of hydrogen-bond donors (Lipinski definition) is 0. The Kier molecular flexibility index (Phi) is 3.65. The van der Waals surface area contributed by atoms with Crippen LogP contribution in [0.3, 0.4) is 0 Å². The zero-order valence-corrected chi connectivity index (χ0v) is 13.6. The van der Waals surface area contributed by atoms with Gasteiger partial charge < -0.3 is 4.90 Å². The van der Waals surface area contributed by atoms with Gasteiger partial charge in [-0.3, -0.25) is 4.79 Å². The Morgan fingerprint density at radius 3 is 2.83 bits per heavy atom. The first-order chi connectivity index (χ1) is 11.0. The highest BCUT2D eigenvalue weighted by atomic mass is 32.2. The first-order valence-electron chi connectivity index (χ1n) is 7.21. The smallest absolute Gasteiger partial charge is 0.264 e. The van der Waals surface area contributed by atoms with Crippen molar-refractivity contribution in [3.63, 3.8) is 0 Å². The zero-order chi connectivity index (χ0) is 16.1. The average Bonchev–Trinajstić information content (AvgIpc) is 3.12. The zero-order valence-electron chi connectivity index (χ0n) is 11.9. The maximum atomic E-state index is 13.9. The van der Waals surface area contributed by atoms with Crippen LogP contribution in [-0.4, -0.2) is 30.1 Å². The minimum atomic E-state index is -0.965. The number of carbonyl (C=O) groups is 1. The fourth-order valence-corrected chi connectivity index (χ4v) is 5.32. The van der Waals surface area contributed by atoms with Gasteiger partial charge >= 0.3 is 0 Å². The lowest BCUT2D eigenvalue weighted by molar-refractivity contribution is 0.0787. The Bertz CT molecular complexity index is 805. The van der Waals surface area contributed by atoms with Crippen molar-refractivity contribution in [2.24, 2.45) is 0 Å². The quantitative estimate of drug-likeness (QED) is 0.752. The Morgan fingerprint density at radius 1 is 1.26 bits per heavy atom. The third-order valence-electron chi connectivity index (χ3n) is 4.06. The van der Waals surface area contributed by atoms with Gasteiger partial charge in [-0.05, 0) is 24.1 Å². The summed E-state index contributed by atoms with van der Waals surface area (Å²) in [5, 5.41) is 0. The molecule has 0 saturated carbocycles. The summed E-state index contributed by atoms with van der Waals surface area (Å²) in [4.78, 5) is 15.6. The number of amides is 1. The number of nitrogens with zero attached hydrogens (tertiary/aromatic N) is 1. The van der Waals surface area contributed by atoms with E-state index >= 15 is 0 Å². The number of benzene rings is 1. The van der Waals surface area contributed by atoms with E-state index < -0.39 is 17.8 Å². The molecular formula is C16H12F3NOS2. The van der Waals surface area contributed by atoms with Crippen LogP contribution in [0, 0.1) is 11.6 Å². The predicted molar refractivity (Wildman–Crippen MR) is 84.6 cm³/mol. The Labute approximate surface area is 139 Å². The first kappa shape index (κ1) is 15.1. The highest BCUT2D eigenvalue weighted by Gasteiger charge is 2.30. The van der Waals surface area contributed by atoms with Gasteiger partial charge in [0.2, 0.25) is 0 Å². The number of halogens is 3. The number of carbonyl (C=O) groups excluding carboxylic acids is 1. The molecule has 120 valence electrons. The lowest BCUT2D eigenvalue weighted by atomic mass is 10.1. The van der Waals surface area contributed by atoms with E-state index in [1.807, 2.05) is 0 Å². The number of fused-ring (bicyclic) bond motifs is 3. The van der Waals surface area contributed by atoms with Gasteiger partial charge in [0.15, 0.2) is 0 Å². The van der Waals surface area contributed by atoms with Crippen LogP contribution in [0.4, 0.5) is 13.2 Å². The molecule has 3 heterocycles. The van der Waals surface area contributed by atoms with Gasteiger partial charge in [-0.25, -0.2) is 13.2 Å². The molecule has 2 aliphatic heterocycles. The van der Waals surface area contributed by atoms with E-state index in [1.165, 1.54) is 34.1 Å². The molecule has 1 atom stereocenters. The molecule has 1 aromatic heterocycles. The normalized spacial score (nSPS) is 19.6. The van der Waals surface area contributed by atoms with Gasteiger partial charge in [-0.1, -0.05) is 0 Å². The molecule has 1 saturated heterocycles. The van der Waals surface area contributed by atoms with Gasteiger partial charge in [0.25, 0.3) is 5.91 Å². The molecule has 7 heteroatoms. The van der Waals surface area contributed by atoms with Crippen molar-refractivity contribution >= 4 is 29.0 Å². The molecule has 1 amide bonds. The number of likely N-dealkylation sites (tertiary alicyclic amines) is 1. The van der Waals surface area contributed by atoms with Crippen molar-refractivity contribution < 1.29 is 18.0 Å². The number of hydrogen-bond acceptors (Lipinski definition) is 3. The number of thiophene rings is 1. The molecule has 0 bridgehead atoms. The van der Waals surface area contributed by atoms with Crippen molar-refractivity contribution in [1.29, 1.82) is 0 Å². The molecule has 0 spiro atoms. The largest absolute Gasteiger partial charge is 0.335 e. The minimum Gasteiger partial charge on any atom is -0.335 e. The molecule has 0 radical (unpaired) electrons. The van der Waals surface area contributed by atoms with Crippen molar-refractivity contribution in [2.75, 3.05) is 13.1 Å². The second-order valence-corrected chi connectivity index (χ2v) is 7.69. The summed E-state index contributed by atoms with van der Waals surface area (Å²) in [5.74, 6) is -0.860. The Hall–Kier alpha value is -1.47. The maximum Gasteiger partial charge on any atom is 0.264 e. The molecular weight excluding hydrogens is 343 g/mol. The third-order valence-corrected chi connectivity index (χ3v) is 6.42. The third kappa shape index (κ3) is 2.55. The summed E-state index contributed by atoms with van der Waals surface area (Å²) >= 11 is 2.54. The van der Waals surface area contributed by atoms with Crippen molar-refractivity contribution in [2.45, 2.75) is 23.2 Å². The van der Waals surface area contributed by atoms with Crippen molar-refractivity contribution in [3.05, 3.63) is 40.3 Å². The average molecular weight is 355 g/mol. The highest BCUT2D eigenvalue weighted by molar-refractivity contribution is 7.98. The molecule has 2 aromatic rings. The van der Waals surface area contributed by atoms with Crippen LogP contribution in [-0.2, 0) is 5.75 Å². The van der Waals surface area contributed by atoms with E-state index in [2.05, 4.69) is 0 Å². The van der Waals surface area contributed by atoms with E-state index in [0.717, 1.165) is 16.5 Å². The van der Waals surface area contributed by atoms with Crippen LogP contribution in [0.2, 0.25) is 0 Å². The lowest BCUT2D eigenvalue weighted by Gasteiger charge is -2.16. The molecule has 2 aliphatic rings. The summed E-state index contributed by atoms with van der Waals surface area (Å²) in [6.07, 6.45) is -0.598. The number of rotatable bonds is 1. The van der Waals surface area contributed by atoms with Crippen molar-refractivity contribution in [3.8, 4) is 10.4 Å². The molecule has 4 rings (SSSR count). The van der Waals surface area contributed by atoms with Crippen LogP contribution in [0.25, 0.3) is 10.4 Å². The van der Waals surface area contributed by atoms with E-state index in [4.69, 9.17) is 0 Å². The molecule has 0 unspecified atom stereocenters. The molecule has 0 N–H and O–H groups in total. The minimum absolute atomic E-state index is 0.121. The van der Waals surface area contributed by atoms with Crippen LogP contribution in [0.1, 0.15) is 21.7 Å². The number of alkyl halides is 1. The molecule has 23 heavy (non-hydrogen) atoms. The highest BCUT2D eigenvalue weighted by Crippen LogP contribution is 2.47. The van der Waals surface area contributed by atoms with E-state index in [9.17, 15) is 18.0 Å². The van der Waals surface area contributed by atoms with Crippen molar-refractivity contribution in [1.82, 2.24) is 4.90 Å². The number of thioether (sulfide) groups is 1. The topological polar surface area (TPSA) is 20.3 Å². The standard InChI is InChI=1S/C16H12F3NOS2/c17-9-1-2-20(6-9)16(21)13-3-8-7-22-15-11(14(8)23-13)4-10(18)5-12(15)19/h3-5,9H,1-2,6-7H2/t9-/m0/s1. The molecule has 2 nitrogen and oxygen atoms in total. The predicted octanol–water partition coefficient (Wildman–Crippen LogP) is 4.48. The molecule has 1 aromatic carbocycles. The van der Waals surface area contributed by atoms with Crippen LogP contribution in [0.15, 0.2) is 23.1 Å². The second kappa shape index (κ2) is 5.56. The summed E-state index contributed by atoms with van der Waals surface area (Å²) < 4.78 is 40.7. The molecule has 1 fully saturated rings. The van der Waals surface area contributed by atoms with Gasteiger partial charge in [0, 0.05) is 28.8 Å². The van der Waals surface area contributed by atoms with Crippen LogP contribution in [0.5, 0.6) is 0 Å². The first-order valence-corrected chi connectivity index (χ1v) is 9.01. The fraction of sp³-hybridized carbons (Fsp3) is 0.312. The Morgan fingerprint density at radius 2 is 2.09 bits per heavy atom. The summed E-state index contributed by atoms with van der Waals surface area (Å²) in [7, 11) is 0. The summed E-state index contributed by atoms with van der Waals surface area (Å²) in [5.41, 5.74) is 1.40. The fourth-order valence-electron chi connectivity index (χ4n) is 2.95. The molecule has 0 aliphatic carbocycles. The lowest BCUT2D eigenvalue weighted by Crippen LogP contribution is -2.28.